The predicted octanol–water partition coefficient (Wildman–Crippen LogP) is 4.53. The van der Waals surface area contributed by atoms with Gasteiger partial charge in [0.2, 0.25) is 5.89 Å². The smallest absolute Gasteiger partial charge is 0.226 e. The monoisotopic (exact) mass is 332 g/mol. The summed E-state index contributed by atoms with van der Waals surface area (Å²) in [4.78, 5) is 8.88. The number of oxazole rings is 1. The fourth-order valence-corrected chi connectivity index (χ4v) is 2.88. The van der Waals surface area contributed by atoms with Crippen molar-refractivity contribution in [1.82, 2.24) is 14.4 Å². The van der Waals surface area contributed by atoms with Crippen molar-refractivity contribution in [2.24, 2.45) is 0 Å². The summed E-state index contributed by atoms with van der Waals surface area (Å²) < 4.78 is 7.62. The van der Waals surface area contributed by atoms with Crippen molar-refractivity contribution >= 4 is 11.3 Å². The van der Waals surface area contributed by atoms with Crippen LogP contribution in [0.5, 0.6) is 0 Å². The normalized spacial score (nSPS) is 11.2. The van der Waals surface area contributed by atoms with Gasteiger partial charge in [-0.2, -0.15) is 0 Å². The van der Waals surface area contributed by atoms with Gasteiger partial charge in [-0.25, -0.2) is 9.97 Å². The molecule has 25 heavy (non-hydrogen) atoms. The van der Waals surface area contributed by atoms with Crippen LogP contribution in [-0.4, -0.2) is 14.4 Å². The Balaban J connectivity index is 1.59. The Morgan fingerprint density at radius 2 is 2.00 bits per heavy atom. The number of fused-ring (bicyclic) bond motifs is 1. The molecule has 4 rings (SSSR count). The number of aryl methyl sites for hydroxylation is 3. The fourth-order valence-electron chi connectivity index (χ4n) is 2.88. The zero-order valence-electron chi connectivity index (χ0n) is 14.6. The minimum atomic E-state index is 0.644. The number of aromatic nitrogens is 3. The first-order chi connectivity index (χ1) is 12.1. The van der Waals surface area contributed by atoms with Gasteiger partial charge in [0, 0.05) is 17.4 Å². The summed E-state index contributed by atoms with van der Waals surface area (Å²) in [5.41, 5.74) is 7.39. The number of imidazole rings is 1. The molecular formula is C20H20N4O. The van der Waals surface area contributed by atoms with Gasteiger partial charge in [0.1, 0.15) is 11.9 Å². The molecule has 0 saturated heterocycles. The Morgan fingerprint density at radius 1 is 1.12 bits per heavy atom. The molecule has 0 fully saturated rings. The van der Waals surface area contributed by atoms with E-state index in [9.17, 15) is 0 Å². The van der Waals surface area contributed by atoms with Gasteiger partial charge in [-0.05, 0) is 56.2 Å². The van der Waals surface area contributed by atoms with E-state index in [2.05, 4.69) is 64.0 Å². The van der Waals surface area contributed by atoms with E-state index in [1.807, 2.05) is 19.2 Å². The van der Waals surface area contributed by atoms with Crippen LogP contribution in [0.15, 0.2) is 53.4 Å². The zero-order chi connectivity index (χ0) is 17.4. The molecule has 0 unspecified atom stereocenters. The standard InChI is InChI=1S/C20H20N4O/c1-13-6-7-24-17(11-22-19(24)8-13)10-21-18-9-16(5-4-14(18)2)20-23-15(3)12-25-20/h4-9,11-12,21H,10H2,1-3H3. The molecule has 0 bridgehead atoms. The summed E-state index contributed by atoms with van der Waals surface area (Å²) in [6.45, 7) is 6.78. The summed E-state index contributed by atoms with van der Waals surface area (Å²) in [5, 5.41) is 3.51. The quantitative estimate of drug-likeness (QED) is 0.597. The third-order valence-electron chi connectivity index (χ3n) is 4.31. The molecule has 5 heteroatoms. The maximum Gasteiger partial charge on any atom is 0.226 e. The summed E-state index contributed by atoms with van der Waals surface area (Å²) >= 11 is 0. The number of nitrogens with zero attached hydrogens (tertiary/aromatic N) is 3. The van der Waals surface area contributed by atoms with Gasteiger partial charge in [-0.3, -0.25) is 0 Å². The number of hydrogen-bond acceptors (Lipinski definition) is 4. The van der Waals surface area contributed by atoms with Crippen molar-refractivity contribution < 1.29 is 4.42 Å². The molecule has 5 nitrogen and oxygen atoms in total. The molecule has 0 spiro atoms. The Kier molecular flexibility index (Phi) is 3.76. The molecule has 0 radical (unpaired) electrons. The fraction of sp³-hybridized carbons (Fsp3) is 0.200. The van der Waals surface area contributed by atoms with Crippen molar-refractivity contribution in [3.63, 3.8) is 0 Å². The highest BCUT2D eigenvalue weighted by Crippen LogP contribution is 2.25. The van der Waals surface area contributed by atoms with E-state index in [1.54, 1.807) is 6.26 Å². The first kappa shape index (κ1) is 15.4. The lowest BCUT2D eigenvalue weighted by atomic mass is 10.1. The lowest BCUT2D eigenvalue weighted by Gasteiger charge is -2.11. The predicted molar refractivity (Wildman–Crippen MR) is 98.7 cm³/mol. The summed E-state index contributed by atoms with van der Waals surface area (Å²) in [5.74, 6) is 0.644. The maximum absolute atomic E-state index is 5.51. The van der Waals surface area contributed by atoms with E-state index in [1.165, 1.54) is 11.1 Å². The third-order valence-corrected chi connectivity index (χ3v) is 4.31. The van der Waals surface area contributed by atoms with Gasteiger partial charge in [-0.15, -0.1) is 0 Å². The third kappa shape index (κ3) is 3.01. The zero-order valence-corrected chi connectivity index (χ0v) is 14.6. The van der Waals surface area contributed by atoms with Gasteiger partial charge in [-0.1, -0.05) is 6.07 Å². The Bertz CT molecular complexity index is 1040. The topological polar surface area (TPSA) is 55.4 Å². The molecule has 126 valence electrons. The molecular weight excluding hydrogens is 312 g/mol. The lowest BCUT2D eigenvalue weighted by Crippen LogP contribution is -2.04. The number of pyridine rings is 1. The van der Waals surface area contributed by atoms with Crippen molar-refractivity contribution in [3.05, 3.63) is 71.5 Å². The van der Waals surface area contributed by atoms with Crippen LogP contribution in [-0.2, 0) is 6.54 Å². The lowest BCUT2D eigenvalue weighted by molar-refractivity contribution is 0.573. The molecule has 3 heterocycles. The second-order valence-corrected chi connectivity index (χ2v) is 6.36. The average molecular weight is 332 g/mol. The van der Waals surface area contributed by atoms with Gasteiger partial charge in [0.25, 0.3) is 0 Å². The van der Waals surface area contributed by atoms with Crippen molar-refractivity contribution in [2.45, 2.75) is 27.3 Å². The van der Waals surface area contributed by atoms with Crippen LogP contribution in [0.25, 0.3) is 17.1 Å². The highest BCUT2D eigenvalue weighted by molar-refractivity contribution is 5.64. The summed E-state index contributed by atoms with van der Waals surface area (Å²) in [6, 6.07) is 10.4. The second kappa shape index (κ2) is 6.09. The molecule has 1 N–H and O–H groups in total. The van der Waals surface area contributed by atoms with E-state index in [0.29, 0.717) is 12.4 Å². The first-order valence-electron chi connectivity index (χ1n) is 8.30. The SMILES string of the molecule is Cc1ccn2c(CNc3cc(-c4nc(C)co4)ccc3C)cnc2c1. The molecule has 4 aromatic rings. The molecule has 0 saturated carbocycles. The Hall–Kier alpha value is -3.08. The van der Waals surface area contributed by atoms with E-state index in [4.69, 9.17) is 4.42 Å². The number of nitrogens with one attached hydrogen (secondary N) is 1. The molecule has 0 atom stereocenters. The van der Waals surface area contributed by atoms with Gasteiger partial charge < -0.3 is 14.1 Å². The van der Waals surface area contributed by atoms with Crippen LogP contribution >= 0.6 is 0 Å². The van der Waals surface area contributed by atoms with E-state index in [0.717, 1.165) is 28.3 Å². The minimum Gasteiger partial charge on any atom is -0.444 e. The Morgan fingerprint density at radius 3 is 2.80 bits per heavy atom. The summed E-state index contributed by atoms with van der Waals surface area (Å²) in [6.07, 6.45) is 5.65. The van der Waals surface area contributed by atoms with Crippen molar-refractivity contribution in [3.8, 4) is 11.5 Å². The molecule has 0 amide bonds. The van der Waals surface area contributed by atoms with Gasteiger partial charge >= 0.3 is 0 Å². The highest BCUT2D eigenvalue weighted by Gasteiger charge is 2.09. The van der Waals surface area contributed by atoms with Crippen LogP contribution in [0.3, 0.4) is 0 Å². The number of benzene rings is 1. The van der Waals surface area contributed by atoms with Crippen LogP contribution in [0.1, 0.15) is 22.5 Å². The van der Waals surface area contributed by atoms with E-state index < -0.39 is 0 Å². The van der Waals surface area contributed by atoms with Crippen molar-refractivity contribution in [2.75, 3.05) is 5.32 Å². The highest BCUT2D eigenvalue weighted by atomic mass is 16.3. The first-order valence-corrected chi connectivity index (χ1v) is 8.30. The largest absolute Gasteiger partial charge is 0.444 e. The molecule has 0 aliphatic heterocycles. The average Bonchev–Trinajstić information content (AvgIpc) is 3.20. The molecule has 0 aliphatic rings. The van der Waals surface area contributed by atoms with Crippen LogP contribution < -0.4 is 5.32 Å². The summed E-state index contributed by atoms with van der Waals surface area (Å²) in [7, 11) is 0. The van der Waals surface area contributed by atoms with Crippen LogP contribution in [0.2, 0.25) is 0 Å². The molecule has 0 aliphatic carbocycles. The van der Waals surface area contributed by atoms with E-state index >= 15 is 0 Å². The number of hydrogen-bond donors (Lipinski definition) is 1. The number of anilines is 1. The van der Waals surface area contributed by atoms with Gasteiger partial charge in [0.15, 0.2) is 0 Å². The second-order valence-electron chi connectivity index (χ2n) is 6.36. The van der Waals surface area contributed by atoms with Crippen LogP contribution in [0, 0.1) is 20.8 Å². The molecule has 1 aromatic carbocycles. The van der Waals surface area contributed by atoms with E-state index in [-0.39, 0.29) is 0 Å². The Labute approximate surface area is 146 Å². The number of rotatable bonds is 4. The molecule has 3 aromatic heterocycles. The minimum absolute atomic E-state index is 0.644. The van der Waals surface area contributed by atoms with Crippen LogP contribution in [0.4, 0.5) is 5.69 Å². The van der Waals surface area contributed by atoms with Crippen molar-refractivity contribution in [1.29, 1.82) is 0 Å². The van der Waals surface area contributed by atoms with Gasteiger partial charge in [0.05, 0.1) is 24.1 Å². The maximum atomic E-state index is 5.51.